The number of aromatic nitrogens is 3. The number of para-hydroxylation sites is 2. The summed E-state index contributed by atoms with van der Waals surface area (Å²) in [6.07, 6.45) is 3.08. The van der Waals surface area contributed by atoms with E-state index < -0.39 is 0 Å². The van der Waals surface area contributed by atoms with E-state index in [1.807, 2.05) is 42.5 Å². The Morgan fingerprint density at radius 1 is 0.972 bits per heavy atom. The van der Waals surface area contributed by atoms with Crippen LogP contribution in [0.25, 0.3) is 32.0 Å². The molecule has 2 aromatic heterocycles. The Kier molecular flexibility index (Phi) is 7.49. The first kappa shape index (κ1) is 24.3. The molecule has 5 rings (SSSR count). The van der Waals surface area contributed by atoms with E-state index in [-0.39, 0.29) is 18.4 Å². The molecule has 182 valence electrons. The number of fused-ring (bicyclic) bond motifs is 1. The largest absolute Gasteiger partial charge is 0.346 e. The number of H-pyrrole nitrogens is 1. The van der Waals surface area contributed by atoms with Gasteiger partial charge in [-0.2, -0.15) is 11.8 Å². The van der Waals surface area contributed by atoms with Crippen LogP contribution in [0, 0.1) is 6.92 Å². The van der Waals surface area contributed by atoms with E-state index in [0.29, 0.717) is 0 Å². The number of carbonyl (C=O) groups is 1. The molecule has 0 fully saturated rings. The Balaban J connectivity index is 1.42. The number of nitrogens with one attached hydrogen (secondary N) is 2. The van der Waals surface area contributed by atoms with Crippen molar-refractivity contribution in [1.29, 1.82) is 0 Å². The normalized spacial score (nSPS) is 12.1. The van der Waals surface area contributed by atoms with Gasteiger partial charge in [-0.1, -0.05) is 72.3 Å². The fraction of sp³-hybridized carbons (Fsp3) is 0.207. The van der Waals surface area contributed by atoms with Crippen LogP contribution in [0.4, 0.5) is 0 Å². The number of benzene rings is 3. The molecule has 0 aliphatic carbocycles. The van der Waals surface area contributed by atoms with Crippen molar-refractivity contribution in [3.05, 3.63) is 95.9 Å². The van der Waals surface area contributed by atoms with Crippen molar-refractivity contribution in [2.75, 3.05) is 12.0 Å². The van der Waals surface area contributed by atoms with Crippen molar-refractivity contribution in [2.24, 2.45) is 0 Å². The molecule has 0 radical (unpaired) electrons. The molecular weight excluding hydrogens is 484 g/mol. The van der Waals surface area contributed by atoms with Gasteiger partial charge in [-0.05, 0) is 43.0 Å². The van der Waals surface area contributed by atoms with Crippen LogP contribution in [0.2, 0.25) is 0 Å². The van der Waals surface area contributed by atoms with Crippen molar-refractivity contribution >= 4 is 40.0 Å². The van der Waals surface area contributed by atoms with Gasteiger partial charge in [0, 0.05) is 5.56 Å². The highest BCUT2D eigenvalue weighted by Gasteiger charge is 2.22. The molecule has 2 N–H and O–H groups in total. The lowest BCUT2D eigenvalue weighted by atomic mass is 10.1. The fourth-order valence-corrected chi connectivity index (χ4v) is 5.72. The summed E-state index contributed by atoms with van der Waals surface area (Å²) in [6.45, 7) is 2.08. The zero-order valence-corrected chi connectivity index (χ0v) is 22.0. The van der Waals surface area contributed by atoms with E-state index in [2.05, 4.69) is 59.9 Å². The molecule has 0 spiro atoms. The summed E-state index contributed by atoms with van der Waals surface area (Å²) in [6, 6.07) is 26.3. The van der Waals surface area contributed by atoms with E-state index in [4.69, 9.17) is 9.97 Å². The number of aromatic amines is 1. The average Bonchev–Trinajstić information content (AvgIpc) is 3.52. The predicted octanol–water partition coefficient (Wildman–Crippen LogP) is 6.81. The number of hydrogen-bond acceptors (Lipinski definition) is 5. The summed E-state index contributed by atoms with van der Waals surface area (Å²) < 4.78 is 0. The summed E-state index contributed by atoms with van der Waals surface area (Å²) >= 11 is 3.39. The van der Waals surface area contributed by atoms with Crippen molar-refractivity contribution in [2.45, 2.75) is 25.8 Å². The van der Waals surface area contributed by atoms with E-state index >= 15 is 0 Å². The van der Waals surface area contributed by atoms with Gasteiger partial charge in [-0.25, -0.2) is 9.97 Å². The minimum absolute atomic E-state index is 0.0557. The molecule has 7 heteroatoms. The van der Waals surface area contributed by atoms with Crippen LogP contribution in [0.1, 0.15) is 29.5 Å². The number of amides is 1. The average molecular weight is 513 g/mol. The summed E-state index contributed by atoms with van der Waals surface area (Å²) in [7, 11) is 0. The highest BCUT2D eigenvalue weighted by atomic mass is 32.2. The standard InChI is InChI=1S/C29H28N4OS2/c1-19-12-14-20(15-13-19)27-25(33-29(36-27)21-8-4-3-5-9-21)18-26(34)30-24(16-17-35-2)28-31-22-10-6-7-11-23(22)32-28/h3-15,24H,16-18H2,1-2H3,(H,30,34)(H,31,32)/t24-/m0/s1. The van der Waals surface area contributed by atoms with Crippen molar-refractivity contribution in [3.8, 4) is 21.0 Å². The monoisotopic (exact) mass is 512 g/mol. The van der Waals surface area contributed by atoms with Crippen molar-refractivity contribution in [1.82, 2.24) is 20.3 Å². The van der Waals surface area contributed by atoms with Crippen LogP contribution in [0.5, 0.6) is 0 Å². The zero-order chi connectivity index (χ0) is 24.9. The predicted molar refractivity (Wildman–Crippen MR) is 151 cm³/mol. The molecule has 0 saturated heterocycles. The van der Waals surface area contributed by atoms with Gasteiger partial charge in [0.05, 0.1) is 34.1 Å². The minimum atomic E-state index is -0.188. The topological polar surface area (TPSA) is 70.7 Å². The molecule has 2 heterocycles. The summed E-state index contributed by atoms with van der Waals surface area (Å²) in [5.74, 6) is 1.66. The lowest BCUT2D eigenvalue weighted by molar-refractivity contribution is -0.121. The Morgan fingerprint density at radius 2 is 1.72 bits per heavy atom. The van der Waals surface area contributed by atoms with Crippen molar-refractivity contribution < 1.29 is 4.79 Å². The Bertz CT molecular complexity index is 1420. The van der Waals surface area contributed by atoms with Crippen LogP contribution in [0.15, 0.2) is 78.9 Å². The third-order valence-corrected chi connectivity index (χ3v) is 7.88. The van der Waals surface area contributed by atoms with Gasteiger partial charge in [0.1, 0.15) is 10.8 Å². The van der Waals surface area contributed by atoms with Crippen LogP contribution >= 0.6 is 23.1 Å². The van der Waals surface area contributed by atoms with E-state index in [1.165, 1.54) is 5.56 Å². The Hall–Kier alpha value is -3.42. The molecule has 3 aromatic carbocycles. The lowest BCUT2D eigenvalue weighted by Crippen LogP contribution is -2.31. The van der Waals surface area contributed by atoms with Gasteiger partial charge in [-0.15, -0.1) is 11.3 Å². The molecule has 0 bridgehead atoms. The quantitative estimate of drug-likeness (QED) is 0.227. The smallest absolute Gasteiger partial charge is 0.226 e. The van der Waals surface area contributed by atoms with Crippen LogP contribution in [0.3, 0.4) is 0 Å². The van der Waals surface area contributed by atoms with E-state index in [1.54, 1.807) is 23.1 Å². The number of hydrogen-bond donors (Lipinski definition) is 2. The summed E-state index contributed by atoms with van der Waals surface area (Å²) in [5.41, 5.74) is 6.03. The van der Waals surface area contributed by atoms with Gasteiger partial charge in [-0.3, -0.25) is 4.79 Å². The third kappa shape index (κ3) is 5.53. The van der Waals surface area contributed by atoms with E-state index in [9.17, 15) is 4.79 Å². The van der Waals surface area contributed by atoms with E-state index in [0.717, 1.165) is 55.7 Å². The molecule has 5 nitrogen and oxygen atoms in total. The first-order valence-electron chi connectivity index (χ1n) is 12.0. The molecule has 0 unspecified atom stereocenters. The van der Waals surface area contributed by atoms with Crippen LogP contribution in [-0.2, 0) is 11.2 Å². The minimum Gasteiger partial charge on any atom is -0.346 e. The van der Waals surface area contributed by atoms with Gasteiger partial charge in [0.15, 0.2) is 0 Å². The number of imidazole rings is 1. The molecule has 1 amide bonds. The number of thioether (sulfide) groups is 1. The second kappa shape index (κ2) is 11.1. The Labute approximate surface area is 219 Å². The number of rotatable bonds is 9. The molecule has 0 aliphatic rings. The second-order valence-corrected chi connectivity index (χ2v) is 10.7. The third-order valence-electron chi connectivity index (χ3n) is 6.04. The van der Waals surface area contributed by atoms with Gasteiger partial charge in [0.25, 0.3) is 0 Å². The first-order valence-corrected chi connectivity index (χ1v) is 14.2. The van der Waals surface area contributed by atoms with Gasteiger partial charge in [0.2, 0.25) is 5.91 Å². The van der Waals surface area contributed by atoms with Crippen LogP contribution in [-0.4, -0.2) is 32.9 Å². The highest BCUT2D eigenvalue weighted by molar-refractivity contribution is 7.98. The molecular formula is C29H28N4OS2. The maximum atomic E-state index is 13.4. The first-order chi connectivity index (χ1) is 17.6. The molecule has 36 heavy (non-hydrogen) atoms. The summed E-state index contributed by atoms with van der Waals surface area (Å²) in [5, 5.41) is 4.15. The van der Waals surface area contributed by atoms with Crippen LogP contribution < -0.4 is 5.32 Å². The maximum absolute atomic E-state index is 13.4. The molecule has 0 saturated carbocycles. The molecule has 1 atom stereocenters. The SMILES string of the molecule is CSCC[C@H](NC(=O)Cc1nc(-c2ccccc2)sc1-c1ccc(C)cc1)c1nc2ccccc2[nH]1. The lowest BCUT2D eigenvalue weighted by Gasteiger charge is -2.16. The summed E-state index contributed by atoms with van der Waals surface area (Å²) in [4.78, 5) is 27.5. The number of aryl methyl sites for hydroxylation is 1. The highest BCUT2D eigenvalue weighted by Crippen LogP contribution is 2.36. The van der Waals surface area contributed by atoms with Gasteiger partial charge >= 0.3 is 0 Å². The molecule has 0 aliphatic heterocycles. The second-order valence-electron chi connectivity index (χ2n) is 8.74. The molecule has 5 aromatic rings. The zero-order valence-electron chi connectivity index (χ0n) is 20.3. The number of carbonyl (C=O) groups excluding carboxylic acids is 1. The number of nitrogens with zero attached hydrogens (tertiary/aromatic N) is 2. The number of thiazole rings is 1. The Morgan fingerprint density at radius 3 is 2.47 bits per heavy atom. The maximum Gasteiger partial charge on any atom is 0.226 e. The fourth-order valence-electron chi connectivity index (χ4n) is 4.15. The van der Waals surface area contributed by atoms with Gasteiger partial charge < -0.3 is 10.3 Å². The van der Waals surface area contributed by atoms with Crippen molar-refractivity contribution in [3.63, 3.8) is 0 Å².